The van der Waals surface area contributed by atoms with Crippen molar-refractivity contribution in [3.05, 3.63) is 39.9 Å². The summed E-state index contributed by atoms with van der Waals surface area (Å²) in [4.78, 5) is 14.1. The maximum Gasteiger partial charge on any atom is 0.269 e. The van der Waals surface area contributed by atoms with Gasteiger partial charge in [0.25, 0.3) is 5.69 Å². The van der Waals surface area contributed by atoms with Crippen LogP contribution in [0.4, 0.5) is 5.69 Å². The lowest BCUT2D eigenvalue weighted by Gasteiger charge is -2.03. The van der Waals surface area contributed by atoms with Gasteiger partial charge in [0, 0.05) is 18.7 Å². The molecular weight excluding hydrogens is 347 g/mol. The van der Waals surface area contributed by atoms with Crippen molar-refractivity contribution in [2.75, 3.05) is 6.54 Å². The monoisotopic (exact) mass is 364 g/mol. The van der Waals surface area contributed by atoms with E-state index in [1.54, 1.807) is 12.1 Å². The fourth-order valence-electron chi connectivity index (χ4n) is 1.21. The van der Waals surface area contributed by atoms with Gasteiger partial charge in [0.1, 0.15) is 0 Å². The van der Waals surface area contributed by atoms with Crippen LogP contribution < -0.4 is 11.1 Å². The molecule has 0 fully saturated rings. The highest BCUT2D eigenvalue weighted by Gasteiger charge is 2.03. The van der Waals surface area contributed by atoms with Crippen LogP contribution in [0.5, 0.6) is 0 Å². The second-order valence-corrected chi connectivity index (χ2v) is 3.55. The molecule has 7 heteroatoms. The molecule has 100 valence electrons. The second-order valence-electron chi connectivity index (χ2n) is 3.55. The highest BCUT2D eigenvalue weighted by molar-refractivity contribution is 14.0. The first-order valence-electron chi connectivity index (χ1n) is 5.40. The van der Waals surface area contributed by atoms with Crippen LogP contribution in [0.3, 0.4) is 0 Å². The van der Waals surface area contributed by atoms with E-state index in [4.69, 9.17) is 5.73 Å². The molecule has 18 heavy (non-hydrogen) atoms. The Morgan fingerprint density at radius 1 is 1.44 bits per heavy atom. The highest BCUT2D eigenvalue weighted by atomic mass is 127. The lowest BCUT2D eigenvalue weighted by Crippen LogP contribution is -2.32. The van der Waals surface area contributed by atoms with Crippen molar-refractivity contribution in [2.24, 2.45) is 10.7 Å². The summed E-state index contributed by atoms with van der Waals surface area (Å²) >= 11 is 0. The smallest absolute Gasteiger partial charge is 0.269 e. The number of aliphatic imine (C=N–C) groups is 1. The second kappa shape index (κ2) is 8.67. The Bertz CT molecular complexity index is 406. The number of hydrogen-bond acceptors (Lipinski definition) is 3. The van der Waals surface area contributed by atoms with Crippen molar-refractivity contribution < 1.29 is 4.92 Å². The molecule has 1 aromatic rings. The van der Waals surface area contributed by atoms with Crippen LogP contribution in [-0.4, -0.2) is 17.4 Å². The predicted molar refractivity (Wildman–Crippen MR) is 82.1 cm³/mol. The molecule has 0 aromatic heterocycles. The van der Waals surface area contributed by atoms with E-state index in [9.17, 15) is 10.1 Å². The van der Waals surface area contributed by atoms with Gasteiger partial charge in [0.2, 0.25) is 0 Å². The van der Waals surface area contributed by atoms with Gasteiger partial charge in [-0.1, -0.05) is 19.1 Å². The molecule has 0 amide bonds. The number of nitrogens with zero attached hydrogens (tertiary/aromatic N) is 2. The van der Waals surface area contributed by atoms with Crippen LogP contribution >= 0.6 is 24.0 Å². The van der Waals surface area contributed by atoms with Crippen LogP contribution in [0.2, 0.25) is 0 Å². The lowest BCUT2D eigenvalue weighted by atomic mass is 10.2. The Labute approximate surface area is 123 Å². The Kier molecular flexibility index (Phi) is 8.01. The van der Waals surface area contributed by atoms with Crippen molar-refractivity contribution in [3.8, 4) is 0 Å². The van der Waals surface area contributed by atoms with Gasteiger partial charge < -0.3 is 11.1 Å². The Hall–Kier alpha value is -1.38. The van der Waals surface area contributed by atoms with E-state index in [1.165, 1.54) is 12.1 Å². The zero-order chi connectivity index (χ0) is 12.7. The number of benzene rings is 1. The summed E-state index contributed by atoms with van der Waals surface area (Å²) in [7, 11) is 0. The van der Waals surface area contributed by atoms with Crippen LogP contribution in [0.15, 0.2) is 29.3 Å². The first-order chi connectivity index (χ1) is 8.13. The van der Waals surface area contributed by atoms with Gasteiger partial charge in [-0.15, -0.1) is 24.0 Å². The average Bonchev–Trinajstić information content (AvgIpc) is 2.34. The number of hydrogen-bond donors (Lipinski definition) is 2. The highest BCUT2D eigenvalue weighted by Crippen LogP contribution is 2.12. The third kappa shape index (κ3) is 5.80. The number of nitrogens with two attached hydrogens (primary N) is 1. The summed E-state index contributed by atoms with van der Waals surface area (Å²) in [5, 5.41) is 13.4. The third-order valence-electron chi connectivity index (χ3n) is 2.14. The number of nitro benzene ring substituents is 1. The quantitative estimate of drug-likeness (QED) is 0.275. The largest absolute Gasteiger partial charge is 0.370 e. The maximum atomic E-state index is 10.4. The van der Waals surface area contributed by atoms with Crippen molar-refractivity contribution >= 4 is 35.6 Å². The number of rotatable bonds is 5. The van der Waals surface area contributed by atoms with Gasteiger partial charge in [0.15, 0.2) is 5.96 Å². The zero-order valence-corrected chi connectivity index (χ0v) is 12.5. The molecule has 0 atom stereocenters. The molecule has 0 aliphatic rings. The molecule has 0 radical (unpaired) electrons. The molecule has 6 nitrogen and oxygen atoms in total. The number of nitrogens with one attached hydrogen (secondary N) is 1. The Balaban J connectivity index is 0.00000289. The van der Waals surface area contributed by atoms with E-state index >= 15 is 0 Å². The molecule has 0 bridgehead atoms. The number of nitro groups is 1. The normalized spacial score (nSPS) is 10.6. The van der Waals surface area contributed by atoms with Crippen molar-refractivity contribution in [3.63, 3.8) is 0 Å². The summed E-state index contributed by atoms with van der Waals surface area (Å²) in [5.74, 6) is 0.394. The van der Waals surface area contributed by atoms with Gasteiger partial charge in [0.05, 0.1) is 11.5 Å². The minimum absolute atomic E-state index is 0. The van der Waals surface area contributed by atoms with Crippen molar-refractivity contribution in [1.29, 1.82) is 0 Å². The molecule has 3 N–H and O–H groups in total. The number of guanidine groups is 1. The fraction of sp³-hybridized carbons (Fsp3) is 0.364. The average molecular weight is 364 g/mol. The van der Waals surface area contributed by atoms with Gasteiger partial charge in [-0.25, -0.2) is 4.99 Å². The molecule has 0 unspecified atom stereocenters. The predicted octanol–water partition coefficient (Wildman–Crippen LogP) is 2.03. The minimum atomic E-state index is -0.426. The minimum Gasteiger partial charge on any atom is -0.370 e. The van der Waals surface area contributed by atoms with Gasteiger partial charge in [-0.2, -0.15) is 0 Å². The molecular formula is C11H17IN4O2. The van der Waals surface area contributed by atoms with E-state index in [-0.39, 0.29) is 29.7 Å². The first-order valence-corrected chi connectivity index (χ1v) is 5.40. The summed E-state index contributed by atoms with van der Waals surface area (Å²) < 4.78 is 0. The van der Waals surface area contributed by atoms with E-state index in [2.05, 4.69) is 10.3 Å². The van der Waals surface area contributed by atoms with Crippen LogP contribution in [-0.2, 0) is 6.54 Å². The molecule has 1 rings (SSSR count). The molecule has 0 saturated heterocycles. The first kappa shape index (κ1) is 16.6. The summed E-state index contributed by atoms with van der Waals surface area (Å²) in [6, 6.07) is 6.27. The Morgan fingerprint density at radius 3 is 2.56 bits per heavy atom. The van der Waals surface area contributed by atoms with E-state index < -0.39 is 4.92 Å². The molecule has 0 saturated carbocycles. The fourth-order valence-corrected chi connectivity index (χ4v) is 1.21. The van der Waals surface area contributed by atoms with Crippen LogP contribution in [0.1, 0.15) is 18.9 Å². The summed E-state index contributed by atoms with van der Waals surface area (Å²) in [6.07, 6.45) is 0.980. The Morgan fingerprint density at radius 2 is 2.06 bits per heavy atom. The SMILES string of the molecule is CCCNC(N)=NCc1ccc([N+](=O)[O-])cc1.I. The van der Waals surface area contributed by atoms with Crippen molar-refractivity contribution in [2.45, 2.75) is 19.9 Å². The van der Waals surface area contributed by atoms with E-state index in [1.807, 2.05) is 6.92 Å². The summed E-state index contributed by atoms with van der Waals surface area (Å²) in [5.41, 5.74) is 6.58. The molecule has 0 aliphatic carbocycles. The maximum absolute atomic E-state index is 10.4. The van der Waals surface area contributed by atoms with Gasteiger partial charge in [-0.3, -0.25) is 10.1 Å². The van der Waals surface area contributed by atoms with Gasteiger partial charge in [-0.05, 0) is 12.0 Å². The molecule has 1 aromatic carbocycles. The standard InChI is InChI=1S/C11H16N4O2.HI/c1-2-7-13-11(12)14-8-9-3-5-10(6-4-9)15(16)17;/h3-6H,2,7-8H2,1H3,(H3,12,13,14);1H. The topological polar surface area (TPSA) is 93.5 Å². The van der Waals surface area contributed by atoms with E-state index in [0.29, 0.717) is 12.5 Å². The third-order valence-corrected chi connectivity index (χ3v) is 2.14. The molecule has 0 aliphatic heterocycles. The number of halogens is 1. The lowest BCUT2D eigenvalue weighted by molar-refractivity contribution is -0.384. The van der Waals surface area contributed by atoms with Gasteiger partial charge >= 0.3 is 0 Å². The molecule has 0 spiro atoms. The van der Waals surface area contributed by atoms with Crippen LogP contribution in [0.25, 0.3) is 0 Å². The summed E-state index contributed by atoms with van der Waals surface area (Å²) in [6.45, 7) is 3.24. The molecule has 0 heterocycles. The van der Waals surface area contributed by atoms with E-state index in [0.717, 1.165) is 18.5 Å². The van der Waals surface area contributed by atoms with Crippen LogP contribution in [0, 0.1) is 10.1 Å². The number of non-ortho nitro benzene ring substituents is 1. The van der Waals surface area contributed by atoms with Crippen molar-refractivity contribution in [1.82, 2.24) is 5.32 Å². The zero-order valence-electron chi connectivity index (χ0n) is 10.1.